The van der Waals surface area contributed by atoms with Gasteiger partial charge in [0.2, 0.25) is 5.95 Å². The van der Waals surface area contributed by atoms with E-state index < -0.39 is 5.82 Å². The van der Waals surface area contributed by atoms with Gasteiger partial charge in [0.15, 0.2) is 11.6 Å². The second-order valence-electron chi connectivity index (χ2n) is 3.94. The van der Waals surface area contributed by atoms with Gasteiger partial charge in [-0.1, -0.05) is 0 Å². The van der Waals surface area contributed by atoms with Crippen LogP contribution in [0.4, 0.5) is 21.8 Å². The van der Waals surface area contributed by atoms with Crippen molar-refractivity contribution in [2.75, 3.05) is 17.7 Å². The van der Waals surface area contributed by atoms with Crippen molar-refractivity contribution in [3.63, 3.8) is 0 Å². The Morgan fingerprint density at radius 2 is 2.16 bits per heavy atom. The third-order valence-electron chi connectivity index (χ3n) is 2.68. The number of halogens is 1. The first-order chi connectivity index (χ1) is 9.26. The molecular formula is C12H11FN6. The van der Waals surface area contributed by atoms with E-state index in [1.54, 1.807) is 13.2 Å². The molecule has 0 bridgehead atoms. The minimum absolute atomic E-state index is 0.153. The molecule has 0 unspecified atom stereocenters. The second kappa shape index (κ2) is 4.52. The number of hydrogen-bond acceptors (Lipinski definition) is 5. The summed E-state index contributed by atoms with van der Waals surface area (Å²) in [7, 11) is 1.60. The number of rotatable bonds is 3. The molecule has 0 spiro atoms. The first-order valence-corrected chi connectivity index (χ1v) is 5.67. The van der Waals surface area contributed by atoms with E-state index in [1.807, 2.05) is 18.2 Å². The molecule has 7 heteroatoms. The summed E-state index contributed by atoms with van der Waals surface area (Å²) < 4.78 is 13.2. The summed E-state index contributed by atoms with van der Waals surface area (Å²) in [6, 6.07) is 5.68. The molecule has 0 saturated heterocycles. The highest BCUT2D eigenvalue weighted by molar-refractivity contribution is 5.82. The van der Waals surface area contributed by atoms with E-state index in [-0.39, 0.29) is 5.82 Å². The maximum absolute atomic E-state index is 13.2. The van der Waals surface area contributed by atoms with Crippen LogP contribution in [0, 0.1) is 5.82 Å². The van der Waals surface area contributed by atoms with Gasteiger partial charge in [0.1, 0.15) is 0 Å². The Bertz CT molecular complexity index is 723. The van der Waals surface area contributed by atoms with Gasteiger partial charge in [0.05, 0.1) is 17.9 Å². The summed E-state index contributed by atoms with van der Waals surface area (Å²) in [4.78, 5) is 7.91. The number of nitrogens with zero attached hydrogens (tertiary/aromatic N) is 3. The molecule has 0 aliphatic rings. The molecule has 1 aromatic carbocycles. The highest BCUT2D eigenvalue weighted by Gasteiger charge is 2.06. The van der Waals surface area contributed by atoms with Gasteiger partial charge >= 0.3 is 0 Å². The highest BCUT2D eigenvalue weighted by atomic mass is 19.1. The van der Waals surface area contributed by atoms with Gasteiger partial charge in [-0.05, 0) is 18.2 Å². The van der Waals surface area contributed by atoms with Crippen molar-refractivity contribution in [1.82, 2.24) is 20.2 Å². The largest absolute Gasteiger partial charge is 0.371 e. The van der Waals surface area contributed by atoms with Gasteiger partial charge in [-0.15, -0.1) is 0 Å². The second-order valence-corrected chi connectivity index (χ2v) is 3.94. The normalized spacial score (nSPS) is 10.6. The first-order valence-electron chi connectivity index (χ1n) is 5.67. The van der Waals surface area contributed by atoms with Crippen LogP contribution in [0.15, 0.2) is 30.6 Å². The lowest BCUT2D eigenvalue weighted by atomic mass is 10.2. The lowest BCUT2D eigenvalue weighted by molar-refractivity contribution is 0.619. The van der Waals surface area contributed by atoms with Crippen molar-refractivity contribution in [3.05, 3.63) is 36.4 Å². The third kappa shape index (κ3) is 2.17. The average Bonchev–Trinajstić information content (AvgIpc) is 2.88. The summed E-state index contributed by atoms with van der Waals surface area (Å²) in [5.41, 5.74) is 1.70. The number of aromatic nitrogens is 4. The molecule has 3 rings (SSSR count). The van der Waals surface area contributed by atoms with Crippen molar-refractivity contribution in [2.45, 2.75) is 0 Å². The molecule has 19 heavy (non-hydrogen) atoms. The van der Waals surface area contributed by atoms with E-state index in [9.17, 15) is 4.39 Å². The Labute approximate surface area is 108 Å². The number of fused-ring (bicyclic) bond motifs is 1. The van der Waals surface area contributed by atoms with E-state index in [1.165, 1.54) is 0 Å². The summed E-state index contributed by atoms with van der Waals surface area (Å²) in [6.07, 6.45) is 2.86. The number of hydrogen-bond donors (Lipinski definition) is 3. The van der Waals surface area contributed by atoms with E-state index in [2.05, 4.69) is 30.8 Å². The Morgan fingerprint density at radius 1 is 1.26 bits per heavy atom. The van der Waals surface area contributed by atoms with Crippen molar-refractivity contribution >= 4 is 28.4 Å². The van der Waals surface area contributed by atoms with E-state index in [4.69, 9.17) is 0 Å². The maximum Gasteiger partial charge on any atom is 0.229 e. The average molecular weight is 258 g/mol. The van der Waals surface area contributed by atoms with E-state index >= 15 is 0 Å². The van der Waals surface area contributed by atoms with Gasteiger partial charge in [0.25, 0.3) is 0 Å². The van der Waals surface area contributed by atoms with Crippen LogP contribution < -0.4 is 10.6 Å². The maximum atomic E-state index is 13.2. The van der Waals surface area contributed by atoms with Gasteiger partial charge in [-0.2, -0.15) is 10.1 Å². The Morgan fingerprint density at radius 3 is 3.00 bits per heavy atom. The zero-order chi connectivity index (χ0) is 13.2. The molecule has 0 aliphatic carbocycles. The van der Waals surface area contributed by atoms with Gasteiger partial charge < -0.3 is 10.6 Å². The molecular weight excluding hydrogens is 247 g/mol. The predicted molar refractivity (Wildman–Crippen MR) is 70.9 cm³/mol. The Kier molecular flexibility index (Phi) is 2.71. The van der Waals surface area contributed by atoms with Crippen molar-refractivity contribution in [1.29, 1.82) is 0 Å². The van der Waals surface area contributed by atoms with Gasteiger partial charge in [0, 0.05) is 18.1 Å². The standard InChI is InChI=1S/C12H11FN6/c1-14-11-9(13)6-15-12(18-11)17-8-3-2-7-5-16-19-10(7)4-8/h2-6H,1H3,(H,16,19)(H2,14,15,17,18). The highest BCUT2D eigenvalue weighted by Crippen LogP contribution is 2.20. The topological polar surface area (TPSA) is 78.5 Å². The van der Waals surface area contributed by atoms with Crippen LogP contribution in [0.1, 0.15) is 0 Å². The van der Waals surface area contributed by atoms with Crippen molar-refractivity contribution in [2.24, 2.45) is 0 Å². The third-order valence-corrected chi connectivity index (χ3v) is 2.68. The quantitative estimate of drug-likeness (QED) is 0.671. The molecule has 6 nitrogen and oxygen atoms in total. The summed E-state index contributed by atoms with van der Waals surface area (Å²) in [5, 5.41) is 13.5. The monoisotopic (exact) mass is 258 g/mol. The SMILES string of the molecule is CNc1nc(Nc2ccc3cn[nH]c3c2)ncc1F. The summed E-state index contributed by atoms with van der Waals surface area (Å²) in [5.74, 6) is -0.0122. The molecule has 0 radical (unpaired) electrons. The molecule has 96 valence electrons. The van der Waals surface area contributed by atoms with Crippen molar-refractivity contribution < 1.29 is 4.39 Å². The van der Waals surface area contributed by atoms with Crippen LogP contribution in [0.3, 0.4) is 0 Å². The van der Waals surface area contributed by atoms with Crippen LogP contribution in [0.2, 0.25) is 0 Å². The predicted octanol–water partition coefficient (Wildman–Crippen LogP) is 2.28. The van der Waals surface area contributed by atoms with Crippen LogP contribution >= 0.6 is 0 Å². The molecule has 3 N–H and O–H groups in total. The molecule has 3 aromatic rings. The number of benzene rings is 1. The van der Waals surface area contributed by atoms with E-state index in [0.29, 0.717) is 5.95 Å². The smallest absolute Gasteiger partial charge is 0.229 e. The van der Waals surface area contributed by atoms with Crippen LogP contribution in [-0.4, -0.2) is 27.2 Å². The van der Waals surface area contributed by atoms with Crippen LogP contribution in [0.25, 0.3) is 10.9 Å². The molecule has 2 heterocycles. The fourth-order valence-electron chi connectivity index (χ4n) is 1.75. The summed E-state index contributed by atoms with van der Waals surface area (Å²) >= 11 is 0. The van der Waals surface area contributed by atoms with Gasteiger partial charge in [-0.3, -0.25) is 5.10 Å². The van der Waals surface area contributed by atoms with Crippen molar-refractivity contribution in [3.8, 4) is 0 Å². The minimum Gasteiger partial charge on any atom is -0.371 e. The Balaban J connectivity index is 1.91. The van der Waals surface area contributed by atoms with E-state index in [0.717, 1.165) is 22.8 Å². The zero-order valence-electron chi connectivity index (χ0n) is 10.1. The number of anilines is 3. The van der Waals surface area contributed by atoms with Crippen LogP contribution in [0.5, 0.6) is 0 Å². The zero-order valence-corrected chi connectivity index (χ0v) is 10.1. The molecule has 0 amide bonds. The number of aromatic amines is 1. The van der Waals surface area contributed by atoms with Crippen LogP contribution in [-0.2, 0) is 0 Å². The molecule has 0 aliphatic heterocycles. The lowest BCUT2D eigenvalue weighted by Crippen LogP contribution is -2.02. The number of nitrogens with one attached hydrogen (secondary N) is 3. The molecule has 0 saturated carbocycles. The first kappa shape index (κ1) is 11.4. The fourth-order valence-corrected chi connectivity index (χ4v) is 1.75. The fraction of sp³-hybridized carbons (Fsp3) is 0.0833. The van der Waals surface area contributed by atoms with Gasteiger partial charge in [-0.25, -0.2) is 9.37 Å². The molecule has 0 fully saturated rings. The number of H-pyrrole nitrogens is 1. The molecule has 2 aromatic heterocycles. The lowest BCUT2D eigenvalue weighted by Gasteiger charge is -2.07. The summed E-state index contributed by atoms with van der Waals surface area (Å²) in [6.45, 7) is 0. The minimum atomic E-state index is -0.489. The molecule has 0 atom stereocenters. The Hall–Kier alpha value is -2.70.